The Bertz CT molecular complexity index is 1140. The average Bonchev–Trinajstić information content (AvgIpc) is 3.20. The molecule has 10 heteroatoms. The number of nitrogens with zero attached hydrogens (tertiary/aromatic N) is 5. The average molecular weight is 446 g/mol. The number of halogens is 1. The summed E-state index contributed by atoms with van der Waals surface area (Å²) in [5.41, 5.74) is 1.18. The third-order valence-corrected chi connectivity index (χ3v) is 7.17. The van der Waals surface area contributed by atoms with Crippen molar-refractivity contribution in [1.29, 1.82) is 0 Å². The highest BCUT2D eigenvalue weighted by Gasteiger charge is 2.32. The van der Waals surface area contributed by atoms with E-state index in [0.717, 1.165) is 0 Å². The molecule has 0 atom stereocenters. The first-order chi connectivity index (χ1) is 14.8. The molecule has 1 saturated heterocycles. The lowest BCUT2D eigenvalue weighted by Gasteiger charge is -2.36. The van der Waals surface area contributed by atoms with Crippen LogP contribution in [0.1, 0.15) is 11.5 Å². The molecule has 0 aliphatic carbocycles. The van der Waals surface area contributed by atoms with E-state index >= 15 is 0 Å². The van der Waals surface area contributed by atoms with Gasteiger partial charge in [-0.25, -0.2) is 4.39 Å². The van der Waals surface area contributed by atoms with Gasteiger partial charge in [-0.1, -0.05) is 24.3 Å². The molecule has 2 aromatic carbocycles. The summed E-state index contributed by atoms with van der Waals surface area (Å²) in [5, 5.41) is 7.66. The van der Waals surface area contributed by atoms with E-state index in [1.54, 1.807) is 43.3 Å². The number of likely N-dealkylation sites (N-methyl/N-ethyl adjacent to an activating group) is 1. The van der Waals surface area contributed by atoms with Crippen LogP contribution in [0.4, 0.5) is 10.1 Å². The fraction of sp³-hybridized carbons (Fsp3) is 0.333. The molecule has 1 aromatic heterocycles. The van der Waals surface area contributed by atoms with Crippen molar-refractivity contribution in [3.63, 3.8) is 0 Å². The van der Waals surface area contributed by atoms with E-state index in [1.807, 2.05) is 13.1 Å². The van der Waals surface area contributed by atoms with E-state index in [0.29, 0.717) is 43.3 Å². The molecule has 164 valence electrons. The Morgan fingerprint density at radius 1 is 1.06 bits per heavy atom. The summed E-state index contributed by atoms with van der Waals surface area (Å²) in [6.07, 6.45) is 0. The summed E-state index contributed by atoms with van der Waals surface area (Å²) in [7, 11) is -1.88. The van der Waals surface area contributed by atoms with Gasteiger partial charge in [0.25, 0.3) is 0 Å². The van der Waals surface area contributed by atoms with Crippen LogP contribution in [0.2, 0.25) is 0 Å². The topological polar surface area (TPSA) is 82.8 Å². The number of aromatic nitrogens is 2. The fourth-order valence-electron chi connectivity index (χ4n) is 3.44. The third-order valence-electron chi connectivity index (χ3n) is 5.25. The molecule has 31 heavy (non-hydrogen) atoms. The Morgan fingerprint density at radius 3 is 2.39 bits per heavy atom. The minimum atomic E-state index is -3.84. The van der Waals surface area contributed by atoms with Gasteiger partial charge in [-0.05, 0) is 31.3 Å². The van der Waals surface area contributed by atoms with E-state index in [1.165, 1.54) is 14.7 Å². The molecule has 0 amide bonds. The summed E-state index contributed by atoms with van der Waals surface area (Å²) < 4.78 is 50.0. The summed E-state index contributed by atoms with van der Waals surface area (Å²) in [5.74, 6) is 0.0591. The molecule has 0 radical (unpaired) electrons. The van der Waals surface area contributed by atoms with E-state index in [4.69, 9.17) is 4.42 Å². The van der Waals surface area contributed by atoms with E-state index < -0.39 is 16.0 Å². The van der Waals surface area contributed by atoms with E-state index in [2.05, 4.69) is 15.1 Å². The Kier molecular flexibility index (Phi) is 6.03. The Hall–Kier alpha value is -2.82. The molecule has 0 saturated carbocycles. The first-order valence-corrected chi connectivity index (χ1v) is 11.3. The number of anilines is 1. The summed E-state index contributed by atoms with van der Waals surface area (Å²) in [6.45, 7) is 3.60. The maximum absolute atomic E-state index is 15.0. The van der Waals surface area contributed by atoms with Crippen molar-refractivity contribution in [2.24, 2.45) is 0 Å². The smallest absolute Gasteiger partial charge is 0.304 e. The van der Waals surface area contributed by atoms with Crippen LogP contribution in [0.15, 0.2) is 52.9 Å². The van der Waals surface area contributed by atoms with Gasteiger partial charge in [0, 0.05) is 44.2 Å². The maximum Gasteiger partial charge on any atom is 0.304 e. The SMILES string of the molecule is Cc1nnc(-c2ccc(CN(c3ccccc3)S(=O)(=O)N3CCN(C)CC3)c(F)c2)o1. The Labute approximate surface area is 181 Å². The summed E-state index contributed by atoms with van der Waals surface area (Å²) >= 11 is 0. The molecule has 2 heterocycles. The van der Waals surface area contributed by atoms with Crippen LogP contribution in [0.25, 0.3) is 11.5 Å². The maximum atomic E-state index is 15.0. The normalized spacial score (nSPS) is 15.8. The number of aryl methyl sites for hydroxylation is 1. The van der Waals surface area contributed by atoms with Crippen LogP contribution in [-0.2, 0) is 16.8 Å². The number of para-hydroxylation sites is 1. The van der Waals surface area contributed by atoms with Gasteiger partial charge in [0.2, 0.25) is 11.8 Å². The number of hydrogen-bond donors (Lipinski definition) is 0. The lowest BCUT2D eigenvalue weighted by molar-refractivity contribution is 0.222. The van der Waals surface area contributed by atoms with Gasteiger partial charge in [-0.3, -0.25) is 4.31 Å². The highest BCUT2D eigenvalue weighted by molar-refractivity contribution is 7.90. The molecule has 0 N–H and O–H groups in total. The van der Waals surface area contributed by atoms with Crippen LogP contribution in [-0.4, -0.2) is 61.0 Å². The fourth-order valence-corrected chi connectivity index (χ4v) is 5.03. The van der Waals surface area contributed by atoms with Gasteiger partial charge in [0.05, 0.1) is 12.2 Å². The first kappa shape index (κ1) is 21.4. The second-order valence-electron chi connectivity index (χ2n) is 7.48. The minimum absolute atomic E-state index is 0.131. The Balaban J connectivity index is 1.65. The van der Waals surface area contributed by atoms with Gasteiger partial charge < -0.3 is 9.32 Å². The molecule has 0 unspecified atom stereocenters. The van der Waals surface area contributed by atoms with Crippen molar-refractivity contribution in [2.75, 3.05) is 37.5 Å². The monoisotopic (exact) mass is 445 g/mol. The van der Waals surface area contributed by atoms with Crippen LogP contribution >= 0.6 is 0 Å². The second kappa shape index (κ2) is 8.74. The lowest BCUT2D eigenvalue weighted by Crippen LogP contribution is -2.52. The number of benzene rings is 2. The molecule has 8 nitrogen and oxygen atoms in total. The van der Waals surface area contributed by atoms with Gasteiger partial charge in [0.15, 0.2) is 0 Å². The van der Waals surface area contributed by atoms with Crippen LogP contribution in [0.3, 0.4) is 0 Å². The van der Waals surface area contributed by atoms with Gasteiger partial charge in [-0.15, -0.1) is 10.2 Å². The predicted octanol–water partition coefficient (Wildman–Crippen LogP) is 2.68. The van der Waals surface area contributed by atoms with Gasteiger partial charge in [-0.2, -0.15) is 12.7 Å². The van der Waals surface area contributed by atoms with Gasteiger partial charge >= 0.3 is 10.2 Å². The number of hydrogen-bond acceptors (Lipinski definition) is 6. The molecule has 1 aliphatic rings. The van der Waals surface area contributed by atoms with E-state index in [-0.39, 0.29) is 18.0 Å². The summed E-state index contributed by atoms with van der Waals surface area (Å²) in [4.78, 5) is 2.08. The minimum Gasteiger partial charge on any atom is -0.421 e. The zero-order valence-electron chi connectivity index (χ0n) is 17.4. The van der Waals surface area contributed by atoms with Crippen molar-refractivity contribution in [3.8, 4) is 11.5 Å². The molecule has 3 aromatic rings. The molecule has 0 bridgehead atoms. The standard InChI is InChI=1S/C21H24FN5O3S/c1-16-23-24-21(30-16)17-8-9-18(20(22)14-17)15-27(19-6-4-3-5-7-19)31(28,29)26-12-10-25(2)11-13-26/h3-9,14H,10-13,15H2,1-2H3. The zero-order chi connectivity index (χ0) is 22.0. The zero-order valence-corrected chi connectivity index (χ0v) is 18.2. The molecule has 1 fully saturated rings. The summed E-state index contributed by atoms with van der Waals surface area (Å²) in [6, 6.07) is 13.2. The van der Waals surface area contributed by atoms with Crippen molar-refractivity contribution >= 4 is 15.9 Å². The van der Waals surface area contributed by atoms with Crippen molar-refractivity contribution in [1.82, 2.24) is 19.4 Å². The number of rotatable bonds is 6. The molecular formula is C21H24FN5O3S. The highest BCUT2D eigenvalue weighted by Crippen LogP contribution is 2.27. The lowest BCUT2D eigenvalue weighted by atomic mass is 10.1. The number of piperazine rings is 1. The first-order valence-electron chi connectivity index (χ1n) is 9.95. The third kappa shape index (κ3) is 4.60. The van der Waals surface area contributed by atoms with Crippen molar-refractivity contribution in [3.05, 3.63) is 65.8 Å². The van der Waals surface area contributed by atoms with Crippen molar-refractivity contribution < 1.29 is 17.2 Å². The molecule has 4 rings (SSSR count). The van der Waals surface area contributed by atoms with E-state index in [9.17, 15) is 12.8 Å². The van der Waals surface area contributed by atoms with Crippen molar-refractivity contribution in [2.45, 2.75) is 13.5 Å². The van der Waals surface area contributed by atoms with Gasteiger partial charge in [0.1, 0.15) is 5.82 Å². The predicted molar refractivity (Wildman–Crippen MR) is 115 cm³/mol. The molecule has 1 aliphatic heterocycles. The molecule has 0 spiro atoms. The van der Waals surface area contributed by atoms with Crippen LogP contribution < -0.4 is 4.31 Å². The largest absolute Gasteiger partial charge is 0.421 e. The second-order valence-corrected chi connectivity index (χ2v) is 9.34. The molecular weight excluding hydrogens is 421 g/mol. The van der Waals surface area contributed by atoms with Crippen LogP contribution in [0.5, 0.6) is 0 Å². The van der Waals surface area contributed by atoms with Crippen LogP contribution in [0, 0.1) is 12.7 Å². The Morgan fingerprint density at radius 2 is 1.77 bits per heavy atom. The quantitative estimate of drug-likeness (QED) is 0.580. The highest BCUT2D eigenvalue weighted by atomic mass is 32.2.